The van der Waals surface area contributed by atoms with Crippen LogP contribution in [0.1, 0.15) is 26.9 Å². The Bertz CT molecular complexity index is 1820. The van der Waals surface area contributed by atoms with Gasteiger partial charge in [-0.3, -0.25) is 15.1 Å². The van der Waals surface area contributed by atoms with E-state index >= 15 is 0 Å². The number of aliphatic imine (C=N–C) groups is 1. The summed E-state index contributed by atoms with van der Waals surface area (Å²) >= 11 is 6.02. The minimum absolute atomic E-state index is 0.0118. The highest BCUT2D eigenvalue weighted by atomic mass is 32.2. The van der Waals surface area contributed by atoms with Crippen LogP contribution in [-0.2, 0) is 0 Å². The van der Waals surface area contributed by atoms with E-state index in [2.05, 4.69) is 63.7 Å². The Hall–Kier alpha value is -3.90. The molecule has 0 saturated heterocycles. The van der Waals surface area contributed by atoms with Crippen LogP contribution in [0, 0.1) is 17.0 Å². The van der Waals surface area contributed by atoms with E-state index in [-0.39, 0.29) is 15.9 Å². The van der Waals surface area contributed by atoms with Gasteiger partial charge in [0, 0.05) is 12.3 Å². The molecule has 0 aliphatic heterocycles. The van der Waals surface area contributed by atoms with Gasteiger partial charge in [0.1, 0.15) is 5.01 Å². The minimum Gasteiger partial charge on any atom is -0.258 e. The van der Waals surface area contributed by atoms with Gasteiger partial charge in [-0.05, 0) is 47.9 Å². The molecular formula is C30H21N5O2S4. The number of hydrogen-bond acceptors (Lipinski definition) is 10. The van der Waals surface area contributed by atoms with Crippen LogP contribution in [0.3, 0.4) is 0 Å². The molecule has 0 aliphatic rings. The van der Waals surface area contributed by atoms with Crippen LogP contribution in [0.25, 0.3) is 10.2 Å². The van der Waals surface area contributed by atoms with Gasteiger partial charge in [0.05, 0.1) is 31.0 Å². The van der Waals surface area contributed by atoms with E-state index in [1.165, 1.54) is 40.3 Å². The number of hydrogen-bond donors (Lipinski definition) is 0. The normalized spacial score (nSPS) is 11.6. The van der Waals surface area contributed by atoms with Crippen LogP contribution in [0.5, 0.6) is 0 Å². The third-order valence-electron chi connectivity index (χ3n) is 6.02. The number of nitro groups is 1. The summed E-state index contributed by atoms with van der Waals surface area (Å²) in [6.45, 7) is 1.85. The Morgan fingerprint density at radius 3 is 2.27 bits per heavy atom. The molecule has 0 amide bonds. The lowest BCUT2D eigenvalue weighted by Gasteiger charge is -2.16. The molecule has 0 aliphatic carbocycles. The first-order chi connectivity index (χ1) is 20.0. The average Bonchev–Trinajstić information content (AvgIpc) is 3.60. The molecule has 7 nitrogen and oxygen atoms in total. The first-order valence-corrected chi connectivity index (χ1v) is 15.8. The van der Waals surface area contributed by atoms with Crippen molar-refractivity contribution < 1.29 is 4.92 Å². The molecule has 202 valence electrons. The molecular weight excluding hydrogens is 591 g/mol. The number of aryl methyl sites for hydroxylation is 1. The second-order valence-electron chi connectivity index (χ2n) is 8.88. The van der Waals surface area contributed by atoms with E-state index < -0.39 is 0 Å². The van der Waals surface area contributed by atoms with Crippen LogP contribution in [0.4, 0.5) is 11.4 Å². The molecule has 6 aromatic rings. The highest BCUT2D eigenvalue weighted by Gasteiger charge is 2.19. The summed E-state index contributed by atoms with van der Waals surface area (Å²) in [6, 6.07) is 31.9. The summed E-state index contributed by atoms with van der Waals surface area (Å²) in [5.74, 6) is 0. The topological polar surface area (TPSA) is 94.2 Å². The molecule has 4 aromatic carbocycles. The standard InChI is InChI=1S/C30H21N5O2S4/c1-19-33-34-30(38-19)39-26-15-12-20(16-25(26)35(36)37)18-31-23-13-14-24-27(17-23)40-29(32-24)41-28(21-8-4-2-5-9-21)22-10-6-3-7-11-22/h2-18,28H,1H3. The van der Waals surface area contributed by atoms with Crippen molar-refractivity contribution in [1.82, 2.24) is 15.2 Å². The summed E-state index contributed by atoms with van der Waals surface area (Å²) in [4.78, 5) is 21.4. The molecule has 0 fully saturated rings. The predicted molar refractivity (Wildman–Crippen MR) is 169 cm³/mol. The maximum absolute atomic E-state index is 11.8. The van der Waals surface area contributed by atoms with Crippen LogP contribution < -0.4 is 0 Å². The van der Waals surface area contributed by atoms with Crippen LogP contribution in [-0.4, -0.2) is 26.3 Å². The van der Waals surface area contributed by atoms with Crippen molar-refractivity contribution in [2.45, 2.75) is 25.7 Å². The van der Waals surface area contributed by atoms with Gasteiger partial charge in [0.25, 0.3) is 5.69 Å². The number of rotatable bonds is 9. The van der Waals surface area contributed by atoms with Gasteiger partial charge in [-0.25, -0.2) is 4.98 Å². The predicted octanol–water partition coefficient (Wildman–Crippen LogP) is 9.15. The van der Waals surface area contributed by atoms with Gasteiger partial charge in [-0.1, -0.05) is 102 Å². The molecule has 11 heteroatoms. The molecule has 0 atom stereocenters. The smallest absolute Gasteiger partial charge is 0.258 e. The van der Waals surface area contributed by atoms with Gasteiger partial charge in [-0.15, -0.1) is 21.5 Å². The number of nitro benzene ring substituents is 1. The molecule has 0 saturated carbocycles. The van der Waals surface area contributed by atoms with E-state index in [4.69, 9.17) is 4.98 Å². The van der Waals surface area contributed by atoms with Crippen molar-refractivity contribution in [3.63, 3.8) is 0 Å². The zero-order valence-electron chi connectivity index (χ0n) is 21.6. The zero-order valence-corrected chi connectivity index (χ0v) is 24.8. The number of benzene rings is 4. The Kier molecular flexibility index (Phi) is 8.19. The molecule has 0 N–H and O–H groups in total. The maximum Gasteiger partial charge on any atom is 0.283 e. The van der Waals surface area contributed by atoms with Gasteiger partial charge in [0.15, 0.2) is 8.68 Å². The Labute approximate surface area is 252 Å². The molecule has 6 rings (SSSR count). The lowest BCUT2D eigenvalue weighted by atomic mass is 10.0. The molecule has 0 bridgehead atoms. The second kappa shape index (κ2) is 12.3. The first kappa shape index (κ1) is 27.3. The number of fused-ring (bicyclic) bond motifs is 1. The van der Waals surface area contributed by atoms with Crippen molar-refractivity contribution in [1.29, 1.82) is 0 Å². The number of aromatic nitrogens is 3. The van der Waals surface area contributed by atoms with Crippen LogP contribution >= 0.6 is 46.2 Å². The zero-order chi connectivity index (χ0) is 28.2. The molecule has 2 heterocycles. The van der Waals surface area contributed by atoms with E-state index in [9.17, 15) is 10.1 Å². The van der Waals surface area contributed by atoms with Gasteiger partial charge in [0.2, 0.25) is 0 Å². The fraction of sp³-hybridized carbons (Fsp3) is 0.0667. The Morgan fingerprint density at radius 2 is 1.61 bits per heavy atom. The Morgan fingerprint density at radius 1 is 0.878 bits per heavy atom. The molecule has 0 spiro atoms. The quantitative estimate of drug-likeness (QED) is 0.0696. The van der Waals surface area contributed by atoms with E-state index in [1.807, 2.05) is 43.3 Å². The van der Waals surface area contributed by atoms with Crippen molar-refractivity contribution in [2.75, 3.05) is 0 Å². The third-order valence-corrected chi connectivity index (χ3v) is 10.4. The number of thioether (sulfide) groups is 1. The van der Waals surface area contributed by atoms with E-state index in [1.54, 1.807) is 35.4 Å². The van der Waals surface area contributed by atoms with E-state index in [0.717, 1.165) is 25.3 Å². The highest BCUT2D eigenvalue weighted by molar-refractivity contribution is 8.01. The first-order valence-electron chi connectivity index (χ1n) is 12.5. The van der Waals surface area contributed by atoms with Gasteiger partial charge in [-0.2, -0.15) is 0 Å². The molecule has 0 radical (unpaired) electrons. The SMILES string of the molecule is Cc1nnc(Sc2ccc(C=Nc3ccc4nc(SC(c5ccccc5)c5ccccc5)sc4c3)cc2[N+](=O)[O-])s1. The summed E-state index contributed by atoms with van der Waals surface area (Å²) in [7, 11) is 0. The number of thiazole rings is 1. The summed E-state index contributed by atoms with van der Waals surface area (Å²) < 4.78 is 2.68. The van der Waals surface area contributed by atoms with E-state index in [0.29, 0.717) is 14.8 Å². The van der Waals surface area contributed by atoms with Crippen molar-refractivity contribution in [3.8, 4) is 0 Å². The van der Waals surface area contributed by atoms with Gasteiger partial charge >= 0.3 is 0 Å². The lowest BCUT2D eigenvalue weighted by Crippen LogP contribution is -1.96. The largest absolute Gasteiger partial charge is 0.283 e. The van der Waals surface area contributed by atoms with Crippen molar-refractivity contribution in [3.05, 3.63) is 129 Å². The van der Waals surface area contributed by atoms with Gasteiger partial charge < -0.3 is 0 Å². The summed E-state index contributed by atoms with van der Waals surface area (Å²) in [6.07, 6.45) is 1.65. The lowest BCUT2D eigenvalue weighted by molar-refractivity contribution is -0.387. The molecule has 2 aromatic heterocycles. The minimum atomic E-state index is -0.381. The second-order valence-corrected chi connectivity index (χ2v) is 13.7. The fourth-order valence-electron chi connectivity index (χ4n) is 4.11. The van der Waals surface area contributed by atoms with Crippen molar-refractivity contribution in [2.24, 2.45) is 4.99 Å². The summed E-state index contributed by atoms with van der Waals surface area (Å²) in [5, 5.41) is 20.7. The monoisotopic (exact) mass is 611 g/mol. The van der Waals surface area contributed by atoms with Crippen LogP contribution in [0.2, 0.25) is 0 Å². The fourth-order valence-corrected chi connectivity index (χ4v) is 8.39. The maximum atomic E-state index is 11.8. The van der Waals surface area contributed by atoms with Crippen molar-refractivity contribution >= 4 is 74.0 Å². The summed E-state index contributed by atoms with van der Waals surface area (Å²) in [5.41, 5.74) is 4.78. The van der Waals surface area contributed by atoms with Crippen LogP contribution in [0.15, 0.2) is 116 Å². The average molecular weight is 612 g/mol. The Balaban J connectivity index is 1.23. The molecule has 0 unspecified atom stereocenters. The molecule has 41 heavy (non-hydrogen) atoms. The number of nitrogens with zero attached hydrogens (tertiary/aromatic N) is 5. The third kappa shape index (κ3) is 6.54. The highest BCUT2D eigenvalue weighted by Crippen LogP contribution is 2.43.